The third-order valence-electron chi connectivity index (χ3n) is 5.99. The van der Waals surface area contributed by atoms with E-state index in [4.69, 9.17) is 11.2 Å². The standard InChI is InChI=1S/C23H18N2O3/c1-2-11-28-19-10-9-14-5-3-4-6-17(14)18(19)13-24-25-22(26)20-15-7-8-16(12-15)21(20)23(25)27/h1,3-10,13,15-16,20-21H,11-12H2/b24-13+. The number of benzene rings is 2. The molecular weight excluding hydrogens is 352 g/mol. The Hall–Kier alpha value is -3.39. The molecule has 2 aromatic carbocycles. The van der Waals surface area contributed by atoms with Gasteiger partial charge in [-0.2, -0.15) is 10.1 Å². The number of carbonyl (C=O) groups excluding carboxylic acids is 2. The van der Waals surface area contributed by atoms with E-state index in [1.165, 1.54) is 0 Å². The minimum atomic E-state index is -0.260. The van der Waals surface area contributed by atoms with Gasteiger partial charge in [-0.15, -0.1) is 6.42 Å². The van der Waals surface area contributed by atoms with Gasteiger partial charge in [0, 0.05) is 5.56 Å². The van der Waals surface area contributed by atoms with Gasteiger partial charge >= 0.3 is 0 Å². The summed E-state index contributed by atoms with van der Waals surface area (Å²) < 4.78 is 5.66. The van der Waals surface area contributed by atoms with Gasteiger partial charge in [-0.1, -0.05) is 48.4 Å². The van der Waals surface area contributed by atoms with Crippen molar-refractivity contribution in [1.29, 1.82) is 0 Å². The number of terminal acetylenes is 1. The molecule has 2 bridgehead atoms. The molecule has 5 nitrogen and oxygen atoms in total. The zero-order valence-electron chi connectivity index (χ0n) is 15.1. The smallest absolute Gasteiger partial charge is 0.254 e. The van der Waals surface area contributed by atoms with E-state index in [0.29, 0.717) is 11.3 Å². The predicted molar refractivity (Wildman–Crippen MR) is 105 cm³/mol. The van der Waals surface area contributed by atoms with Gasteiger partial charge < -0.3 is 4.74 Å². The molecule has 4 atom stereocenters. The molecule has 1 aliphatic heterocycles. The van der Waals surface area contributed by atoms with Crippen LogP contribution in [0.15, 0.2) is 53.7 Å². The number of imide groups is 1. The van der Waals surface area contributed by atoms with Crippen LogP contribution in [0.2, 0.25) is 0 Å². The zero-order chi connectivity index (χ0) is 19.3. The summed E-state index contributed by atoms with van der Waals surface area (Å²) in [5.74, 6) is 2.44. The molecule has 5 rings (SSSR count). The Morgan fingerprint density at radius 3 is 2.54 bits per heavy atom. The number of hydrogen-bond donors (Lipinski definition) is 0. The molecule has 5 heteroatoms. The molecule has 4 unspecified atom stereocenters. The van der Waals surface area contributed by atoms with E-state index >= 15 is 0 Å². The summed E-state index contributed by atoms with van der Waals surface area (Å²) in [6.07, 6.45) is 11.9. The maximum absolute atomic E-state index is 12.8. The highest BCUT2D eigenvalue weighted by atomic mass is 16.5. The first kappa shape index (κ1) is 16.8. The normalized spacial score (nSPS) is 27.8. The van der Waals surface area contributed by atoms with Gasteiger partial charge in [0.2, 0.25) is 0 Å². The maximum Gasteiger partial charge on any atom is 0.254 e. The monoisotopic (exact) mass is 370 g/mol. The SMILES string of the molecule is C#CCOc1ccc2ccccc2c1/C=N/N1C(=O)C2C3C=CC(C3)C2C1=O. The Labute approximate surface area is 162 Å². The van der Waals surface area contributed by atoms with Gasteiger partial charge in [0.25, 0.3) is 11.8 Å². The molecule has 1 saturated carbocycles. The number of rotatable bonds is 4. The van der Waals surface area contributed by atoms with Crippen LogP contribution in [0.3, 0.4) is 0 Å². The fraction of sp³-hybridized carbons (Fsp3) is 0.261. The number of nitrogens with zero attached hydrogens (tertiary/aromatic N) is 2. The van der Waals surface area contributed by atoms with E-state index < -0.39 is 0 Å². The molecule has 0 N–H and O–H groups in total. The van der Waals surface area contributed by atoms with E-state index in [1.54, 1.807) is 6.21 Å². The number of allylic oxidation sites excluding steroid dienone is 2. The van der Waals surface area contributed by atoms with Crippen LogP contribution in [0.4, 0.5) is 0 Å². The number of hydrazone groups is 1. The first-order valence-corrected chi connectivity index (χ1v) is 9.37. The second kappa shape index (κ2) is 6.35. The summed E-state index contributed by atoms with van der Waals surface area (Å²) >= 11 is 0. The van der Waals surface area contributed by atoms with Crippen molar-refractivity contribution in [2.45, 2.75) is 6.42 Å². The highest BCUT2D eigenvalue weighted by Crippen LogP contribution is 2.52. The van der Waals surface area contributed by atoms with Crippen molar-refractivity contribution in [2.24, 2.45) is 28.8 Å². The molecule has 28 heavy (non-hydrogen) atoms. The van der Waals surface area contributed by atoms with Crippen molar-refractivity contribution in [3.05, 3.63) is 54.1 Å². The molecule has 3 aliphatic rings. The minimum Gasteiger partial charge on any atom is -0.480 e. The fourth-order valence-corrected chi connectivity index (χ4v) is 4.77. The van der Waals surface area contributed by atoms with E-state index in [0.717, 1.165) is 22.2 Å². The minimum absolute atomic E-state index is 0.125. The van der Waals surface area contributed by atoms with Gasteiger partial charge in [0.15, 0.2) is 0 Å². The first-order valence-electron chi connectivity index (χ1n) is 9.37. The molecule has 2 aromatic rings. The maximum atomic E-state index is 12.8. The second-order valence-corrected chi connectivity index (χ2v) is 7.42. The summed E-state index contributed by atoms with van der Waals surface area (Å²) in [7, 11) is 0. The molecule has 138 valence electrons. The van der Waals surface area contributed by atoms with Crippen molar-refractivity contribution in [2.75, 3.05) is 6.61 Å². The van der Waals surface area contributed by atoms with Crippen LogP contribution in [0.5, 0.6) is 5.75 Å². The van der Waals surface area contributed by atoms with Crippen LogP contribution in [0.1, 0.15) is 12.0 Å². The van der Waals surface area contributed by atoms with E-state index in [-0.39, 0.29) is 42.1 Å². The van der Waals surface area contributed by atoms with E-state index in [9.17, 15) is 9.59 Å². The summed E-state index contributed by atoms with van der Waals surface area (Å²) in [5.41, 5.74) is 0.701. The zero-order valence-corrected chi connectivity index (χ0v) is 15.1. The van der Waals surface area contributed by atoms with Crippen molar-refractivity contribution in [3.63, 3.8) is 0 Å². The molecule has 0 spiro atoms. The number of fused-ring (bicyclic) bond motifs is 6. The summed E-state index contributed by atoms with van der Waals surface area (Å²) in [6, 6.07) is 11.6. The molecule has 2 amide bonds. The first-order chi connectivity index (χ1) is 13.7. The van der Waals surface area contributed by atoms with Gasteiger partial charge in [0.05, 0.1) is 18.1 Å². The Bertz CT molecular complexity index is 1060. The molecule has 1 heterocycles. The van der Waals surface area contributed by atoms with Crippen LogP contribution in [0, 0.1) is 36.0 Å². The molecule has 1 saturated heterocycles. The highest BCUT2D eigenvalue weighted by Gasteiger charge is 2.59. The lowest BCUT2D eigenvalue weighted by Gasteiger charge is -2.13. The third-order valence-corrected chi connectivity index (χ3v) is 5.99. The predicted octanol–water partition coefficient (Wildman–Crippen LogP) is 2.99. The van der Waals surface area contributed by atoms with Crippen LogP contribution in [-0.4, -0.2) is 29.6 Å². The topological polar surface area (TPSA) is 59.0 Å². The average molecular weight is 370 g/mol. The van der Waals surface area contributed by atoms with Crippen LogP contribution in [-0.2, 0) is 9.59 Å². The van der Waals surface area contributed by atoms with Crippen molar-refractivity contribution in [1.82, 2.24) is 5.01 Å². The summed E-state index contributed by atoms with van der Waals surface area (Å²) in [4.78, 5) is 25.7. The van der Waals surface area contributed by atoms with Crippen LogP contribution >= 0.6 is 0 Å². The molecule has 0 radical (unpaired) electrons. The van der Waals surface area contributed by atoms with E-state index in [1.807, 2.05) is 36.4 Å². The lowest BCUT2D eigenvalue weighted by Crippen LogP contribution is -2.28. The summed E-state index contributed by atoms with van der Waals surface area (Å²) in [6.45, 7) is 0.125. The Morgan fingerprint density at radius 2 is 1.82 bits per heavy atom. The Kier molecular flexibility index (Phi) is 3.80. The molecular formula is C23H18N2O3. The average Bonchev–Trinajstić information content (AvgIpc) is 3.39. The quantitative estimate of drug-likeness (QED) is 0.360. The number of carbonyl (C=O) groups is 2. The molecule has 0 aromatic heterocycles. The van der Waals surface area contributed by atoms with E-state index in [2.05, 4.69) is 23.2 Å². The van der Waals surface area contributed by atoms with Crippen LogP contribution < -0.4 is 4.74 Å². The van der Waals surface area contributed by atoms with Gasteiger partial charge in [-0.25, -0.2) is 0 Å². The Morgan fingerprint density at radius 1 is 1.11 bits per heavy atom. The van der Waals surface area contributed by atoms with Crippen LogP contribution in [0.25, 0.3) is 10.8 Å². The van der Waals surface area contributed by atoms with Gasteiger partial charge in [-0.3, -0.25) is 9.59 Å². The third kappa shape index (κ3) is 2.38. The second-order valence-electron chi connectivity index (χ2n) is 7.42. The fourth-order valence-electron chi connectivity index (χ4n) is 4.77. The van der Waals surface area contributed by atoms with Gasteiger partial charge in [0.1, 0.15) is 12.4 Å². The highest BCUT2D eigenvalue weighted by molar-refractivity contribution is 6.08. The number of hydrogen-bond acceptors (Lipinski definition) is 4. The Balaban J connectivity index is 1.52. The molecule has 2 fully saturated rings. The largest absolute Gasteiger partial charge is 0.480 e. The van der Waals surface area contributed by atoms with Crippen molar-refractivity contribution < 1.29 is 14.3 Å². The van der Waals surface area contributed by atoms with Gasteiger partial charge in [-0.05, 0) is 35.1 Å². The lowest BCUT2D eigenvalue weighted by molar-refractivity contribution is -0.140. The van der Waals surface area contributed by atoms with Crippen molar-refractivity contribution >= 4 is 28.8 Å². The number of amides is 2. The number of ether oxygens (including phenoxy) is 1. The summed E-state index contributed by atoms with van der Waals surface area (Å²) in [5, 5.41) is 7.28. The lowest BCUT2D eigenvalue weighted by atomic mass is 9.85. The molecule has 2 aliphatic carbocycles. The van der Waals surface area contributed by atoms with Crippen molar-refractivity contribution in [3.8, 4) is 18.1 Å².